The molecule has 0 saturated carbocycles. The zero-order valence-electron chi connectivity index (χ0n) is 18.1. The Morgan fingerprint density at radius 2 is 1.84 bits per heavy atom. The summed E-state index contributed by atoms with van der Waals surface area (Å²) in [7, 11) is 1.37. The van der Waals surface area contributed by atoms with E-state index in [0.29, 0.717) is 12.0 Å². The number of piperidine rings is 1. The van der Waals surface area contributed by atoms with E-state index in [1.807, 2.05) is 18.2 Å². The highest BCUT2D eigenvalue weighted by molar-refractivity contribution is 5.89. The van der Waals surface area contributed by atoms with Gasteiger partial charge in [0.05, 0.1) is 18.8 Å². The van der Waals surface area contributed by atoms with Crippen LogP contribution in [-0.4, -0.2) is 53.4 Å². The molecule has 0 amide bonds. The lowest BCUT2D eigenvalue weighted by molar-refractivity contribution is 0.0600. The topological polar surface area (TPSA) is 54.7 Å². The van der Waals surface area contributed by atoms with Crippen LogP contribution < -0.4 is 0 Å². The number of ether oxygens (including phenoxy) is 1. The first kappa shape index (κ1) is 21.5. The quantitative estimate of drug-likeness (QED) is 0.610. The molecular weight excluding hydrogens is 395 g/mol. The van der Waals surface area contributed by atoms with Gasteiger partial charge in [0.2, 0.25) is 0 Å². The number of aromatic nitrogens is 1. The van der Waals surface area contributed by atoms with Gasteiger partial charge in [-0.3, -0.25) is 0 Å². The third kappa shape index (κ3) is 4.65. The van der Waals surface area contributed by atoms with E-state index in [-0.39, 0.29) is 17.9 Å². The maximum atomic E-state index is 14.1. The van der Waals surface area contributed by atoms with Gasteiger partial charge in [-0.25, -0.2) is 9.18 Å². The Morgan fingerprint density at radius 3 is 2.52 bits per heavy atom. The fraction of sp³-hybridized carbons (Fsp3) is 0.400. The second-order valence-corrected chi connectivity index (χ2v) is 8.32. The summed E-state index contributed by atoms with van der Waals surface area (Å²) in [5.41, 5.74) is 4.85. The van der Waals surface area contributed by atoms with Gasteiger partial charge in [-0.15, -0.1) is 0 Å². The van der Waals surface area contributed by atoms with Gasteiger partial charge < -0.3 is 19.3 Å². The van der Waals surface area contributed by atoms with E-state index in [4.69, 9.17) is 4.74 Å². The van der Waals surface area contributed by atoms with Crippen LogP contribution in [0.1, 0.15) is 40.0 Å². The van der Waals surface area contributed by atoms with E-state index in [2.05, 4.69) is 16.4 Å². The highest BCUT2D eigenvalue weighted by Crippen LogP contribution is 2.29. The molecule has 1 N–H and O–H groups in total. The van der Waals surface area contributed by atoms with Gasteiger partial charge in [0, 0.05) is 42.8 Å². The van der Waals surface area contributed by atoms with Gasteiger partial charge in [0.15, 0.2) is 0 Å². The normalized spacial score (nSPS) is 15.5. The fourth-order valence-electron chi connectivity index (χ4n) is 4.50. The fourth-order valence-corrected chi connectivity index (χ4v) is 4.50. The number of carbonyl (C=O) groups is 1. The van der Waals surface area contributed by atoms with Crippen molar-refractivity contribution in [3.63, 3.8) is 0 Å². The van der Waals surface area contributed by atoms with Crippen molar-refractivity contribution in [2.45, 2.75) is 38.8 Å². The Labute approximate surface area is 182 Å². The molecule has 3 aromatic rings. The minimum Gasteiger partial charge on any atom is -0.465 e. The summed E-state index contributed by atoms with van der Waals surface area (Å²) < 4.78 is 21.1. The van der Waals surface area contributed by atoms with Gasteiger partial charge in [0.25, 0.3) is 0 Å². The van der Waals surface area contributed by atoms with Gasteiger partial charge in [-0.2, -0.15) is 0 Å². The lowest BCUT2D eigenvalue weighted by Gasteiger charge is -2.29. The van der Waals surface area contributed by atoms with Gasteiger partial charge >= 0.3 is 5.97 Å². The van der Waals surface area contributed by atoms with Crippen molar-refractivity contribution in [1.29, 1.82) is 0 Å². The molecule has 2 heterocycles. The Balaban J connectivity index is 1.60. The number of likely N-dealkylation sites (tertiary alicyclic amines) is 1. The first-order valence-corrected chi connectivity index (χ1v) is 10.8. The zero-order valence-corrected chi connectivity index (χ0v) is 18.1. The number of benzene rings is 2. The molecule has 0 spiro atoms. The van der Waals surface area contributed by atoms with E-state index in [9.17, 15) is 14.3 Å². The Hall–Kier alpha value is -2.70. The number of carbonyl (C=O) groups excluding carboxylic acids is 1. The van der Waals surface area contributed by atoms with Crippen molar-refractivity contribution in [3.05, 3.63) is 70.7 Å². The maximum absolute atomic E-state index is 14.1. The number of hydrogen-bond acceptors (Lipinski definition) is 4. The molecule has 4 rings (SSSR count). The molecule has 5 nitrogen and oxygen atoms in total. The van der Waals surface area contributed by atoms with Crippen LogP contribution in [0.2, 0.25) is 0 Å². The molecule has 6 heteroatoms. The molecule has 0 atom stereocenters. The molecule has 0 bridgehead atoms. The van der Waals surface area contributed by atoms with Crippen molar-refractivity contribution < 1.29 is 19.0 Å². The monoisotopic (exact) mass is 424 g/mol. The molecule has 1 saturated heterocycles. The average molecular weight is 425 g/mol. The number of hydrogen-bond donors (Lipinski definition) is 1. The second kappa shape index (κ2) is 9.20. The maximum Gasteiger partial charge on any atom is 0.337 e. The zero-order chi connectivity index (χ0) is 22.0. The van der Waals surface area contributed by atoms with E-state index < -0.39 is 0 Å². The number of nitrogens with zero attached hydrogens (tertiary/aromatic N) is 2. The van der Waals surface area contributed by atoms with Crippen LogP contribution in [0.4, 0.5) is 4.39 Å². The van der Waals surface area contributed by atoms with Crippen molar-refractivity contribution in [2.24, 2.45) is 0 Å². The third-order valence-corrected chi connectivity index (χ3v) is 6.37. The standard InChI is InChI=1S/C25H29FN2O3/c1-17-22(15-18-3-5-19(6-4-18)25(30)31-2)23-16-20(26)7-8-24(23)28(17)14-13-27-11-9-21(29)10-12-27/h3-8,16,21,29H,9-15H2,1-2H3. The number of methoxy groups -OCH3 is 1. The molecule has 0 radical (unpaired) electrons. The largest absolute Gasteiger partial charge is 0.465 e. The molecule has 1 aromatic heterocycles. The molecule has 1 aliphatic rings. The SMILES string of the molecule is COC(=O)c1ccc(Cc2c(C)n(CCN3CCC(O)CC3)c3ccc(F)cc23)cc1. The van der Waals surface area contributed by atoms with Gasteiger partial charge in [-0.05, 0) is 67.6 Å². The summed E-state index contributed by atoms with van der Waals surface area (Å²) in [5.74, 6) is -0.594. The van der Waals surface area contributed by atoms with E-state index in [1.165, 1.54) is 13.2 Å². The number of fused-ring (bicyclic) bond motifs is 1. The highest BCUT2D eigenvalue weighted by atomic mass is 19.1. The number of aliphatic hydroxyl groups excluding tert-OH is 1. The van der Waals surface area contributed by atoms with E-state index in [0.717, 1.165) is 66.7 Å². The Morgan fingerprint density at radius 1 is 1.13 bits per heavy atom. The smallest absolute Gasteiger partial charge is 0.337 e. The molecule has 1 fully saturated rings. The number of esters is 1. The van der Waals surface area contributed by atoms with Crippen molar-refractivity contribution >= 4 is 16.9 Å². The van der Waals surface area contributed by atoms with Crippen molar-refractivity contribution in [3.8, 4) is 0 Å². The predicted molar refractivity (Wildman–Crippen MR) is 119 cm³/mol. The highest BCUT2D eigenvalue weighted by Gasteiger charge is 2.19. The van der Waals surface area contributed by atoms with Crippen molar-refractivity contribution in [1.82, 2.24) is 9.47 Å². The summed E-state index contributed by atoms with van der Waals surface area (Å²) >= 11 is 0. The molecule has 31 heavy (non-hydrogen) atoms. The lowest BCUT2D eigenvalue weighted by atomic mass is 10.0. The van der Waals surface area contributed by atoms with Gasteiger partial charge in [0.1, 0.15) is 5.82 Å². The van der Waals surface area contributed by atoms with Crippen molar-refractivity contribution in [2.75, 3.05) is 26.7 Å². The number of halogens is 1. The van der Waals surface area contributed by atoms with Crippen LogP contribution >= 0.6 is 0 Å². The number of aliphatic hydroxyl groups is 1. The molecule has 0 unspecified atom stereocenters. The average Bonchev–Trinajstić information content (AvgIpc) is 3.03. The summed E-state index contributed by atoms with van der Waals surface area (Å²) in [4.78, 5) is 14.1. The molecule has 1 aliphatic heterocycles. The van der Waals surface area contributed by atoms with Gasteiger partial charge in [-0.1, -0.05) is 12.1 Å². The molecular formula is C25H29FN2O3. The minimum atomic E-state index is -0.355. The molecule has 164 valence electrons. The second-order valence-electron chi connectivity index (χ2n) is 8.32. The summed E-state index contributed by atoms with van der Waals surface area (Å²) in [6, 6.07) is 12.4. The van der Waals surface area contributed by atoms with Crippen LogP contribution in [0.5, 0.6) is 0 Å². The minimum absolute atomic E-state index is 0.175. The van der Waals surface area contributed by atoms with Crippen LogP contribution in [0.15, 0.2) is 42.5 Å². The van der Waals surface area contributed by atoms with E-state index >= 15 is 0 Å². The summed E-state index contributed by atoms with van der Waals surface area (Å²) in [6.07, 6.45) is 2.13. The van der Waals surface area contributed by atoms with Crippen LogP contribution in [0.25, 0.3) is 10.9 Å². The number of rotatable bonds is 6. The summed E-state index contributed by atoms with van der Waals surface area (Å²) in [6.45, 7) is 5.64. The molecule has 0 aliphatic carbocycles. The van der Waals surface area contributed by atoms with E-state index in [1.54, 1.807) is 18.2 Å². The Bertz CT molecular complexity index is 1070. The molecule has 2 aromatic carbocycles. The first-order chi connectivity index (χ1) is 15.0. The van der Waals surface area contributed by atoms with Crippen LogP contribution in [-0.2, 0) is 17.7 Å². The summed E-state index contributed by atoms with van der Waals surface area (Å²) in [5, 5.41) is 10.7. The van der Waals surface area contributed by atoms with Crippen LogP contribution in [0, 0.1) is 12.7 Å². The first-order valence-electron chi connectivity index (χ1n) is 10.8. The third-order valence-electron chi connectivity index (χ3n) is 6.37. The predicted octanol–water partition coefficient (Wildman–Crippen LogP) is 3.92. The Kier molecular flexibility index (Phi) is 6.39. The van der Waals surface area contributed by atoms with Crippen LogP contribution in [0.3, 0.4) is 0 Å². The lowest BCUT2D eigenvalue weighted by Crippen LogP contribution is -2.37.